The molecule has 1 atom stereocenters. The fourth-order valence-electron chi connectivity index (χ4n) is 3.21. The average Bonchev–Trinajstić information content (AvgIpc) is 2.69. The predicted molar refractivity (Wildman–Crippen MR) is 104 cm³/mol. The third-order valence-corrected chi connectivity index (χ3v) is 4.86. The van der Waals surface area contributed by atoms with Crippen LogP contribution in [0.3, 0.4) is 0 Å². The fraction of sp³-hybridized carbons (Fsp3) is 0.333. The summed E-state index contributed by atoms with van der Waals surface area (Å²) in [4.78, 5) is 29.1. The van der Waals surface area contributed by atoms with E-state index in [4.69, 9.17) is 9.47 Å². The van der Waals surface area contributed by atoms with E-state index in [1.54, 1.807) is 61.3 Å². The quantitative estimate of drug-likeness (QED) is 0.833. The van der Waals surface area contributed by atoms with Crippen LogP contribution in [0.5, 0.6) is 11.5 Å². The van der Waals surface area contributed by atoms with Gasteiger partial charge in [0, 0.05) is 36.9 Å². The fourth-order valence-corrected chi connectivity index (χ4v) is 3.21. The average molecular weight is 368 g/mol. The number of amides is 2. The van der Waals surface area contributed by atoms with Crippen LogP contribution in [0.25, 0.3) is 0 Å². The first-order chi connectivity index (χ1) is 12.9. The Hall–Kier alpha value is -3.02. The summed E-state index contributed by atoms with van der Waals surface area (Å²) < 4.78 is 10.6. The lowest BCUT2D eigenvalue weighted by Crippen LogP contribution is -2.57. The van der Waals surface area contributed by atoms with E-state index in [0.717, 1.165) is 5.56 Å². The Bertz CT molecular complexity index is 826. The number of carbonyl (C=O) groups excluding carboxylic acids is 2. The Kier molecular flexibility index (Phi) is 5.35. The summed E-state index contributed by atoms with van der Waals surface area (Å²) >= 11 is 0. The van der Waals surface area contributed by atoms with Crippen LogP contribution in [0.2, 0.25) is 0 Å². The largest absolute Gasteiger partial charge is 0.497 e. The smallest absolute Gasteiger partial charge is 0.254 e. The van der Waals surface area contributed by atoms with Crippen molar-refractivity contribution in [3.63, 3.8) is 0 Å². The maximum absolute atomic E-state index is 13.0. The van der Waals surface area contributed by atoms with Crippen LogP contribution >= 0.6 is 0 Å². The van der Waals surface area contributed by atoms with Crippen molar-refractivity contribution in [2.24, 2.45) is 0 Å². The van der Waals surface area contributed by atoms with Gasteiger partial charge in [-0.2, -0.15) is 0 Å². The van der Waals surface area contributed by atoms with E-state index < -0.39 is 6.04 Å². The summed E-state index contributed by atoms with van der Waals surface area (Å²) in [6.07, 6.45) is 0. The van der Waals surface area contributed by atoms with Crippen LogP contribution in [0, 0.1) is 6.92 Å². The Morgan fingerprint density at radius 2 is 1.59 bits per heavy atom. The third kappa shape index (κ3) is 3.74. The first kappa shape index (κ1) is 18.8. The van der Waals surface area contributed by atoms with Crippen LogP contribution in [0.1, 0.15) is 22.8 Å². The van der Waals surface area contributed by atoms with E-state index in [2.05, 4.69) is 0 Å². The van der Waals surface area contributed by atoms with Gasteiger partial charge in [0.1, 0.15) is 17.5 Å². The van der Waals surface area contributed by atoms with Gasteiger partial charge < -0.3 is 19.3 Å². The van der Waals surface area contributed by atoms with Gasteiger partial charge in [-0.25, -0.2) is 0 Å². The second-order valence-electron chi connectivity index (χ2n) is 6.60. The van der Waals surface area contributed by atoms with Crippen LogP contribution in [0.4, 0.5) is 5.69 Å². The van der Waals surface area contributed by atoms with Gasteiger partial charge in [0.15, 0.2) is 0 Å². The number of hydrogen-bond donors (Lipinski definition) is 0. The van der Waals surface area contributed by atoms with Crippen molar-refractivity contribution in [3.05, 3.63) is 53.6 Å². The van der Waals surface area contributed by atoms with Gasteiger partial charge in [0.2, 0.25) is 5.91 Å². The van der Waals surface area contributed by atoms with Gasteiger partial charge in [0.05, 0.1) is 19.9 Å². The number of piperazine rings is 1. The van der Waals surface area contributed by atoms with Crippen molar-refractivity contribution in [1.82, 2.24) is 4.90 Å². The lowest BCUT2D eigenvalue weighted by molar-refractivity contribution is -0.124. The Labute approximate surface area is 159 Å². The lowest BCUT2D eigenvalue weighted by Gasteiger charge is -2.39. The highest BCUT2D eigenvalue weighted by atomic mass is 16.5. The molecule has 1 heterocycles. The minimum absolute atomic E-state index is 0.126. The Balaban J connectivity index is 1.82. The van der Waals surface area contributed by atoms with Crippen molar-refractivity contribution in [1.29, 1.82) is 0 Å². The third-order valence-electron chi connectivity index (χ3n) is 4.86. The summed E-state index contributed by atoms with van der Waals surface area (Å²) in [6.45, 7) is 4.61. The van der Waals surface area contributed by atoms with E-state index in [0.29, 0.717) is 35.8 Å². The SMILES string of the molecule is COc1cc(OC)cc(N2CCN(C(=O)c3ccc(C)cc3)C(C)C2=O)c1. The monoisotopic (exact) mass is 368 g/mol. The zero-order valence-corrected chi connectivity index (χ0v) is 16.1. The molecule has 1 unspecified atom stereocenters. The van der Waals surface area contributed by atoms with Gasteiger partial charge in [-0.05, 0) is 26.0 Å². The molecule has 0 aromatic heterocycles. The maximum Gasteiger partial charge on any atom is 0.254 e. The highest BCUT2D eigenvalue weighted by molar-refractivity contribution is 6.03. The number of rotatable bonds is 4. The van der Waals surface area contributed by atoms with E-state index in [-0.39, 0.29) is 11.8 Å². The van der Waals surface area contributed by atoms with Crippen molar-refractivity contribution in [2.45, 2.75) is 19.9 Å². The molecule has 1 saturated heterocycles. The van der Waals surface area contributed by atoms with E-state index in [1.165, 1.54) is 0 Å². The summed E-state index contributed by atoms with van der Waals surface area (Å²) in [5.41, 5.74) is 2.38. The molecule has 6 nitrogen and oxygen atoms in total. The summed E-state index contributed by atoms with van der Waals surface area (Å²) in [5.74, 6) is 0.974. The van der Waals surface area contributed by atoms with Gasteiger partial charge >= 0.3 is 0 Å². The summed E-state index contributed by atoms with van der Waals surface area (Å²) in [6, 6.07) is 12.2. The van der Waals surface area contributed by atoms with Crippen LogP contribution in [-0.4, -0.2) is 50.1 Å². The highest BCUT2D eigenvalue weighted by Crippen LogP contribution is 2.30. The first-order valence-electron chi connectivity index (χ1n) is 8.86. The molecule has 1 aliphatic rings. The van der Waals surface area contributed by atoms with Crippen molar-refractivity contribution >= 4 is 17.5 Å². The molecule has 2 amide bonds. The van der Waals surface area contributed by atoms with Crippen molar-refractivity contribution in [2.75, 3.05) is 32.2 Å². The normalized spacial score (nSPS) is 17.0. The van der Waals surface area contributed by atoms with Gasteiger partial charge in [-0.1, -0.05) is 17.7 Å². The number of carbonyl (C=O) groups is 2. The second-order valence-corrected chi connectivity index (χ2v) is 6.60. The molecule has 6 heteroatoms. The minimum atomic E-state index is -0.551. The molecule has 27 heavy (non-hydrogen) atoms. The molecule has 0 aliphatic carbocycles. The summed E-state index contributed by atoms with van der Waals surface area (Å²) in [5, 5.41) is 0. The minimum Gasteiger partial charge on any atom is -0.497 e. The number of aryl methyl sites for hydroxylation is 1. The molecule has 0 bridgehead atoms. The van der Waals surface area contributed by atoms with Gasteiger partial charge in [-0.15, -0.1) is 0 Å². The molecule has 3 rings (SSSR count). The molecule has 142 valence electrons. The number of hydrogen-bond acceptors (Lipinski definition) is 4. The van der Waals surface area contributed by atoms with E-state index in [9.17, 15) is 9.59 Å². The lowest BCUT2D eigenvalue weighted by atomic mass is 10.1. The maximum atomic E-state index is 13.0. The number of methoxy groups -OCH3 is 2. The van der Waals surface area contributed by atoms with Crippen LogP contribution in [-0.2, 0) is 4.79 Å². The van der Waals surface area contributed by atoms with Gasteiger partial charge in [-0.3, -0.25) is 9.59 Å². The molecular weight excluding hydrogens is 344 g/mol. The van der Waals surface area contributed by atoms with Crippen LogP contribution < -0.4 is 14.4 Å². The predicted octanol–water partition coefficient (Wildman–Crippen LogP) is 2.89. The molecule has 1 fully saturated rings. The molecule has 0 N–H and O–H groups in total. The van der Waals surface area contributed by atoms with Crippen LogP contribution in [0.15, 0.2) is 42.5 Å². The number of benzene rings is 2. The van der Waals surface area contributed by atoms with Gasteiger partial charge in [0.25, 0.3) is 5.91 Å². The molecular formula is C21H24N2O4. The topological polar surface area (TPSA) is 59.1 Å². The molecule has 0 spiro atoms. The number of nitrogens with zero attached hydrogens (tertiary/aromatic N) is 2. The van der Waals surface area contributed by atoms with E-state index >= 15 is 0 Å². The molecule has 0 radical (unpaired) electrons. The second kappa shape index (κ2) is 7.70. The number of ether oxygens (including phenoxy) is 2. The Morgan fingerprint density at radius 1 is 1.00 bits per heavy atom. The zero-order valence-electron chi connectivity index (χ0n) is 16.1. The highest BCUT2D eigenvalue weighted by Gasteiger charge is 2.35. The Morgan fingerprint density at radius 3 is 2.15 bits per heavy atom. The number of anilines is 1. The van der Waals surface area contributed by atoms with Crippen molar-refractivity contribution in [3.8, 4) is 11.5 Å². The summed E-state index contributed by atoms with van der Waals surface area (Å²) in [7, 11) is 3.14. The van der Waals surface area contributed by atoms with E-state index in [1.807, 2.05) is 19.1 Å². The molecule has 0 saturated carbocycles. The van der Waals surface area contributed by atoms with Crippen molar-refractivity contribution < 1.29 is 19.1 Å². The standard InChI is InChI=1S/C21H24N2O4/c1-14-5-7-16(8-6-14)21(25)22-9-10-23(20(24)15(22)2)17-11-18(26-3)13-19(12-17)27-4/h5-8,11-13,15H,9-10H2,1-4H3. The molecule has 2 aromatic carbocycles. The molecule has 1 aliphatic heterocycles. The molecule has 2 aromatic rings. The first-order valence-corrected chi connectivity index (χ1v) is 8.86. The zero-order chi connectivity index (χ0) is 19.6.